The largest absolute Gasteiger partial charge is 0.486 e. The Balaban J connectivity index is 1.65. The van der Waals surface area contributed by atoms with Crippen LogP contribution in [0.3, 0.4) is 0 Å². The van der Waals surface area contributed by atoms with E-state index in [0.717, 1.165) is 34.6 Å². The lowest BCUT2D eigenvalue weighted by Gasteiger charge is -2.20. The number of nitrogens with one attached hydrogen (secondary N) is 1. The average molecular weight is 352 g/mol. The molecule has 0 aliphatic carbocycles. The molecule has 0 spiro atoms. The molecule has 0 bridgehead atoms. The summed E-state index contributed by atoms with van der Waals surface area (Å²) in [6, 6.07) is 4.10. The Morgan fingerprint density at radius 1 is 1.29 bits per heavy atom. The van der Waals surface area contributed by atoms with Crippen molar-refractivity contribution in [2.24, 2.45) is 7.05 Å². The molecule has 112 valence electrons. The monoisotopic (exact) mass is 351 g/mol. The van der Waals surface area contributed by atoms with Crippen LogP contribution in [-0.4, -0.2) is 23.0 Å². The summed E-state index contributed by atoms with van der Waals surface area (Å²) >= 11 is 3.54. The second-order valence-electron chi connectivity index (χ2n) is 5.08. The molecule has 1 aliphatic heterocycles. The van der Waals surface area contributed by atoms with E-state index in [1.807, 2.05) is 24.0 Å². The fraction of sp³-hybridized carbons (Fsp3) is 0.400. The molecule has 0 unspecified atom stereocenters. The van der Waals surface area contributed by atoms with Gasteiger partial charge in [0.1, 0.15) is 13.2 Å². The van der Waals surface area contributed by atoms with Crippen molar-refractivity contribution in [3.8, 4) is 11.5 Å². The smallest absolute Gasteiger partial charge is 0.175 e. The maximum Gasteiger partial charge on any atom is 0.175 e. The van der Waals surface area contributed by atoms with E-state index >= 15 is 0 Å². The molecular formula is C15H18BrN3O2. The summed E-state index contributed by atoms with van der Waals surface area (Å²) in [5.74, 6) is 1.61. The highest BCUT2D eigenvalue weighted by Gasteiger charge is 2.16. The average Bonchev–Trinajstić information content (AvgIpc) is 2.79. The third-order valence-electron chi connectivity index (χ3n) is 3.64. The van der Waals surface area contributed by atoms with Gasteiger partial charge in [-0.1, -0.05) is 0 Å². The van der Waals surface area contributed by atoms with Crippen LogP contribution < -0.4 is 14.8 Å². The molecule has 1 aromatic carbocycles. The first kappa shape index (κ1) is 14.4. The minimum atomic E-state index is 0.601. The lowest BCUT2D eigenvalue weighted by molar-refractivity contribution is 0.170. The molecule has 0 atom stereocenters. The Labute approximate surface area is 132 Å². The van der Waals surface area contributed by atoms with Gasteiger partial charge in [0.2, 0.25) is 0 Å². The minimum Gasteiger partial charge on any atom is -0.486 e. The summed E-state index contributed by atoms with van der Waals surface area (Å²) in [5.41, 5.74) is 3.56. The molecular weight excluding hydrogens is 334 g/mol. The van der Waals surface area contributed by atoms with Crippen molar-refractivity contribution in [3.05, 3.63) is 39.6 Å². The van der Waals surface area contributed by atoms with Gasteiger partial charge < -0.3 is 14.8 Å². The number of halogens is 1. The van der Waals surface area contributed by atoms with Crippen molar-refractivity contribution in [1.82, 2.24) is 15.1 Å². The van der Waals surface area contributed by atoms with Crippen LogP contribution in [-0.2, 0) is 20.1 Å². The summed E-state index contributed by atoms with van der Waals surface area (Å²) in [7, 11) is 1.96. The number of hydrogen-bond acceptors (Lipinski definition) is 4. The maximum absolute atomic E-state index is 5.64. The van der Waals surface area contributed by atoms with E-state index in [2.05, 4.69) is 39.3 Å². The van der Waals surface area contributed by atoms with Crippen molar-refractivity contribution in [1.29, 1.82) is 0 Å². The van der Waals surface area contributed by atoms with Gasteiger partial charge in [0.15, 0.2) is 11.5 Å². The predicted octanol–water partition coefficient (Wildman–Crippen LogP) is 2.55. The fourth-order valence-corrected chi connectivity index (χ4v) is 2.93. The Bertz CT molecular complexity index is 655. The molecule has 0 saturated heterocycles. The molecule has 2 aromatic rings. The highest BCUT2D eigenvalue weighted by Crippen LogP contribution is 2.38. The van der Waals surface area contributed by atoms with Gasteiger partial charge in [0.05, 0.1) is 10.7 Å². The number of fused-ring (bicyclic) bond motifs is 1. The molecule has 1 aromatic heterocycles. The zero-order valence-corrected chi connectivity index (χ0v) is 13.7. The van der Waals surface area contributed by atoms with Gasteiger partial charge in [0, 0.05) is 31.4 Å². The predicted molar refractivity (Wildman–Crippen MR) is 83.6 cm³/mol. The number of aryl methyl sites for hydroxylation is 1. The molecule has 2 heterocycles. The van der Waals surface area contributed by atoms with Gasteiger partial charge in [-0.2, -0.15) is 5.10 Å². The highest BCUT2D eigenvalue weighted by molar-refractivity contribution is 9.10. The molecule has 0 radical (unpaired) electrons. The number of hydrogen-bond donors (Lipinski definition) is 1. The fourth-order valence-electron chi connectivity index (χ4n) is 2.33. The number of aromatic nitrogens is 2. The van der Waals surface area contributed by atoms with E-state index < -0.39 is 0 Å². The Morgan fingerprint density at radius 2 is 2.10 bits per heavy atom. The van der Waals surface area contributed by atoms with E-state index in [1.165, 1.54) is 11.3 Å². The molecule has 5 nitrogen and oxygen atoms in total. The summed E-state index contributed by atoms with van der Waals surface area (Å²) < 4.78 is 14.1. The van der Waals surface area contributed by atoms with Crippen molar-refractivity contribution in [2.45, 2.75) is 20.0 Å². The number of benzene rings is 1. The third-order valence-corrected chi connectivity index (χ3v) is 4.23. The number of ether oxygens (including phenoxy) is 2. The molecule has 1 aliphatic rings. The molecule has 3 rings (SSSR count). The third kappa shape index (κ3) is 3.06. The second kappa shape index (κ2) is 6.07. The molecule has 0 amide bonds. The first-order chi connectivity index (χ1) is 10.1. The summed E-state index contributed by atoms with van der Waals surface area (Å²) in [6.45, 7) is 4.84. The van der Waals surface area contributed by atoms with E-state index in [9.17, 15) is 0 Å². The standard InChI is InChI=1S/C15H18BrN3O2/c1-10-12(9-18-19(10)2)8-17-7-11-5-13(16)15-14(6-11)20-3-4-21-15/h5-6,9,17H,3-4,7-8H2,1-2H3. The Kier molecular flexibility index (Phi) is 4.17. The highest BCUT2D eigenvalue weighted by atomic mass is 79.9. The van der Waals surface area contributed by atoms with Crippen LogP contribution in [0.4, 0.5) is 0 Å². The lowest BCUT2D eigenvalue weighted by atomic mass is 10.2. The van der Waals surface area contributed by atoms with Crippen molar-refractivity contribution in [2.75, 3.05) is 13.2 Å². The molecule has 1 N–H and O–H groups in total. The van der Waals surface area contributed by atoms with E-state index in [0.29, 0.717) is 13.2 Å². The SMILES string of the molecule is Cc1c(CNCc2cc(Br)c3c(c2)OCCO3)cnn1C. The van der Waals surface area contributed by atoms with Gasteiger partial charge >= 0.3 is 0 Å². The van der Waals surface area contributed by atoms with Crippen LogP contribution in [0.5, 0.6) is 11.5 Å². The van der Waals surface area contributed by atoms with Gasteiger partial charge in [0.25, 0.3) is 0 Å². The normalized spacial score (nSPS) is 13.5. The zero-order valence-electron chi connectivity index (χ0n) is 12.1. The van der Waals surface area contributed by atoms with E-state index in [4.69, 9.17) is 9.47 Å². The minimum absolute atomic E-state index is 0.601. The topological polar surface area (TPSA) is 48.3 Å². The first-order valence-corrected chi connectivity index (χ1v) is 7.70. The van der Waals surface area contributed by atoms with Crippen LogP contribution in [0.25, 0.3) is 0 Å². The number of nitrogens with zero attached hydrogens (tertiary/aromatic N) is 2. The Hall–Kier alpha value is -1.53. The van der Waals surface area contributed by atoms with Gasteiger partial charge in [-0.25, -0.2) is 0 Å². The summed E-state index contributed by atoms with van der Waals surface area (Å²) in [5, 5.41) is 7.68. The van der Waals surface area contributed by atoms with E-state index in [1.54, 1.807) is 0 Å². The molecule has 0 saturated carbocycles. The first-order valence-electron chi connectivity index (χ1n) is 6.91. The van der Waals surface area contributed by atoms with Crippen LogP contribution in [0, 0.1) is 6.92 Å². The lowest BCUT2D eigenvalue weighted by Crippen LogP contribution is -2.17. The summed E-state index contributed by atoms with van der Waals surface area (Å²) in [6.07, 6.45) is 1.90. The van der Waals surface area contributed by atoms with Crippen molar-refractivity contribution < 1.29 is 9.47 Å². The van der Waals surface area contributed by atoms with Crippen molar-refractivity contribution in [3.63, 3.8) is 0 Å². The summed E-state index contributed by atoms with van der Waals surface area (Å²) in [4.78, 5) is 0. The Morgan fingerprint density at radius 3 is 2.86 bits per heavy atom. The van der Waals surface area contributed by atoms with E-state index in [-0.39, 0.29) is 0 Å². The van der Waals surface area contributed by atoms with Crippen molar-refractivity contribution >= 4 is 15.9 Å². The molecule has 21 heavy (non-hydrogen) atoms. The van der Waals surface area contributed by atoms with Gasteiger partial charge in [-0.15, -0.1) is 0 Å². The van der Waals surface area contributed by atoms with Crippen LogP contribution >= 0.6 is 15.9 Å². The molecule has 0 fully saturated rings. The van der Waals surface area contributed by atoms with Crippen LogP contribution in [0.15, 0.2) is 22.8 Å². The maximum atomic E-state index is 5.64. The quantitative estimate of drug-likeness (QED) is 0.919. The number of rotatable bonds is 4. The van der Waals surface area contributed by atoms with Gasteiger partial charge in [-0.05, 0) is 40.5 Å². The second-order valence-corrected chi connectivity index (χ2v) is 5.94. The van der Waals surface area contributed by atoms with Crippen LogP contribution in [0.1, 0.15) is 16.8 Å². The van der Waals surface area contributed by atoms with Crippen LogP contribution in [0.2, 0.25) is 0 Å². The zero-order chi connectivity index (χ0) is 14.8. The molecule has 6 heteroatoms. The van der Waals surface area contributed by atoms with Gasteiger partial charge in [-0.3, -0.25) is 4.68 Å².